The molecule has 0 saturated carbocycles. The molecule has 4 aromatic carbocycles. The Labute approximate surface area is 258 Å². The fourth-order valence-corrected chi connectivity index (χ4v) is 7.72. The Morgan fingerprint density at radius 2 is 1.65 bits per heavy atom. The van der Waals surface area contributed by atoms with Gasteiger partial charge in [-0.2, -0.15) is 0 Å². The third-order valence-corrected chi connectivity index (χ3v) is 8.78. The van der Waals surface area contributed by atoms with Crippen LogP contribution in [0.15, 0.2) is 92.3 Å². The Kier molecular flexibility index (Phi) is 8.21. The maximum atomic E-state index is 6.24. The zero-order chi connectivity index (χ0) is 27.6. The largest absolute Gasteiger partial charge is 0.496 e. The lowest BCUT2D eigenvalue weighted by Crippen LogP contribution is -2.30. The van der Waals surface area contributed by atoms with Crippen LogP contribution in [0.3, 0.4) is 0 Å². The number of methoxy groups -OCH3 is 1. The molecule has 2 heterocycles. The number of benzene rings is 4. The van der Waals surface area contributed by atoms with Crippen LogP contribution in [0.1, 0.15) is 34.0 Å². The van der Waals surface area contributed by atoms with Gasteiger partial charge >= 0.3 is 0 Å². The van der Waals surface area contributed by atoms with Crippen LogP contribution in [0.25, 0.3) is 10.9 Å². The van der Waals surface area contributed by atoms with E-state index in [4.69, 9.17) is 14.2 Å². The van der Waals surface area contributed by atoms with Crippen molar-refractivity contribution in [3.05, 3.63) is 120 Å². The van der Waals surface area contributed by atoms with Gasteiger partial charge in [-0.05, 0) is 97.4 Å². The molecule has 2 N–H and O–H groups in total. The standard InChI is InChI=1S/C32H27Br3N2O3/c1-38-29-10-7-20(13-21(29)18-40-32-26(34)14-22(33)15-27(32)35)30-31-24(11-12-36-30)25-16-23(8-9-28(25)37-31)39-17-19-5-3-2-4-6-19/h2-10,13-16,30,36-37H,11-12,17-18H2,1H3. The van der Waals surface area contributed by atoms with Crippen LogP contribution in [0.4, 0.5) is 0 Å². The predicted molar refractivity (Wildman–Crippen MR) is 169 cm³/mol. The van der Waals surface area contributed by atoms with E-state index in [0.717, 1.165) is 65.8 Å². The summed E-state index contributed by atoms with van der Waals surface area (Å²) in [6.45, 7) is 1.80. The Balaban J connectivity index is 1.27. The van der Waals surface area contributed by atoms with Crippen LogP contribution in [0.5, 0.6) is 17.2 Å². The van der Waals surface area contributed by atoms with Gasteiger partial charge in [0.15, 0.2) is 0 Å². The highest BCUT2D eigenvalue weighted by Crippen LogP contribution is 2.39. The van der Waals surface area contributed by atoms with Crippen molar-refractivity contribution in [3.63, 3.8) is 0 Å². The molecule has 0 aliphatic carbocycles. The minimum Gasteiger partial charge on any atom is -0.496 e. The summed E-state index contributed by atoms with van der Waals surface area (Å²) in [6.07, 6.45) is 0.950. The minimum absolute atomic E-state index is 0.0284. The first kappa shape index (κ1) is 27.4. The molecule has 1 aliphatic rings. The lowest BCUT2D eigenvalue weighted by atomic mass is 9.93. The maximum absolute atomic E-state index is 6.24. The molecule has 204 valence electrons. The molecule has 0 saturated heterocycles. The number of nitrogens with one attached hydrogen (secondary N) is 2. The van der Waals surface area contributed by atoms with Crippen LogP contribution in [0, 0.1) is 0 Å². The first-order valence-electron chi connectivity index (χ1n) is 13.0. The molecule has 5 nitrogen and oxygen atoms in total. The molecule has 1 aromatic heterocycles. The molecule has 0 spiro atoms. The van der Waals surface area contributed by atoms with Gasteiger partial charge in [-0.1, -0.05) is 52.3 Å². The molecule has 0 bridgehead atoms. The molecule has 0 fully saturated rings. The summed E-state index contributed by atoms with van der Waals surface area (Å²) in [5.74, 6) is 2.41. The van der Waals surface area contributed by atoms with E-state index in [0.29, 0.717) is 13.2 Å². The van der Waals surface area contributed by atoms with Crippen LogP contribution >= 0.6 is 47.8 Å². The van der Waals surface area contributed by atoms with Crippen molar-refractivity contribution in [1.29, 1.82) is 0 Å². The topological polar surface area (TPSA) is 55.5 Å². The van der Waals surface area contributed by atoms with Crippen LogP contribution in [-0.4, -0.2) is 18.6 Å². The highest BCUT2D eigenvalue weighted by atomic mass is 79.9. The van der Waals surface area contributed by atoms with Crippen LogP contribution < -0.4 is 19.5 Å². The summed E-state index contributed by atoms with van der Waals surface area (Å²) in [4.78, 5) is 3.69. The summed E-state index contributed by atoms with van der Waals surface area (Å²) in [6, 6.07) is 26.9. The smallest absolute Gasteiger partial charge is 0.148 e. The molecule has 5 aromatic rings. The van der Waals surface area contributed by atoms with E-state index in [1.165, 1.54) is 16.6 Å². The summed E-state index contributed by atoms with van der Waals surface area (Å²) in [5, 5.41) is 4.93. The number of halogens is 3. The molecule has 0 amide bonds. The number of aromatic amines is 1. The maximum Gasteiger partial charge on any atom is 0.148 e. The van der Waals surface area contributed by atoms with Gasteiger partial charge in [-0.15, -0.1) is 0 Å². The van der Waals surface area contributed by atoms with Gasteiger partial charge in [0, 0.05) is 33.2 Å². The van der Waals surface area contributed by atoms with Crippen molar-refractivity contribution in [1.82, 2.24) is 10.3 Å². The van der Waals surface area contributed by atoms with Crippen molar-refractivity contribution >= 4 is 58.7 Å². The number of fused-ring (bicyclic) bond motifs is 3. The van der Waals surface area contributed by atoms with Crippen LogP contribution in [0.2, 0.25) is 0 Å². The van der Waals surface area contributed by atoms with Crippen molar-refractivity contribution in [2.24, 2.45) is 0 Å². The van der Waals surface area contributed by atoms with Gasteiger partial charge in [0.25, 0.3) is 0 Å². The van der Waals surface area contributed by atoms with Gasteiger partial charge in [0.05, 0.1) is 22.1 Å². The third kappa shape index (κ3) is 5.68. The van der Waals surface area contributed by atoms with Crippen molar-refractivity contribution in [2.75, 3.05) is 13.7 Å². The molecule has 1 unspecified atom stereocenters. The molecule has 6 rings (SSSR count). The van der Waals surface area contributed by atoms with Crippen molar-refractivity contribution < 1.29 is 14.2 Å². The molecular weight excluding hydrogens is 700 g/mol. The highest BCUT2D eigenvalue weighted by molar-refractivity contribution is 9.11. The van der Waals surface area contributed by atoms with Gasteiger partial charge in [-0.3, -0.25) is 0 Å². The number of ether oxygens (including phenoxy) is 3. The number of hydrogen-bond acceptors (Lipinski definition) is 4. The molecule has 1 atom stereocenters. The zero-order valence-electron chi connectivity index (χ0n) is 21.8. The molecule has 1 aliphatic heterocycles. The van der Waals surface area contributed by atoms with Gasteiger partial charge < -0.3 is 24.5 Å². The zero-order valence-corrected chi connectivity index (χ0v) is 26.5. The second-order valence-electron chi connectivity index (χ2n) is 9.69. The SMILES string of the molecule is COc1ccc(C2NCCc3c2[nH]c2ccc(OCc4ccccc4)cc32)cc1COc1c(Br)cc(Br)cc1Br. The lowest BCUT2D eigenvalue weighted by Gasteiger charge is -2.26. The first-order valence-corrected chi connectivity index (χ1v) is 15.4. The van der Waals surface area contributed by atoms with Gasteiger partial charge in [0.2, 0.25) is 0 Å². The Hall–Kier alpha value is -2.78. The summed E-state index contributed by atoms with van der Waals surface area (Å²) < 4.78 is 20.8. The second kappa shape index (κ2) is 12.0. The second-order valence-corrected chi connectivity index (χ2v) is 12.3. The molecular formula is C32H27Br3N2O3. The average Bonchev–Trinajstić information content (AvgIpc) is 3.34. The Bertz CT molecular complexity index is 1650. The monoisotopic (exact) mass is 724 g/mol. The average molecular weight is 727 g/mol. The van der Waals surface area contributed by atoms with E-state index in [9.17, 15) is 0 Å². The molecule has 40 heavy (non-hydrogen) atoms. The third-order valence-electron chi connectivity index (χ3n) is 7.14. The van der Waals surface area contributed by atoms with E-state index >= 15 is 0 Å². The summed E-state index contributed by atoms with van der Waals surface area (Å²) in [7, 11) is 1.69. The van der Waals surface area contributed by atoms with Crippen molar-refractivity contribution in [2.45, 2.75) is 25.7 Å². The summed E-state index contributed by atoms with van der Waals surface area (Å²) >= 11 is 10.7. The number of aromatic nitrogens is 1. The van der Waals surface area contributed by atoms with Crippen LogP contribution in [-0.2, 0) is 19.6 Å². The number of rotatable bonds is 8. The normalized spacial score (nSPS) is 14.7. The Morgan fingerprint density at radius 3 is 2.42 bits per heavy atom. The number of hydrogen-bond donors (Lipinski definition) is 2. The number of H-pyrrole nitrogens is 1. The van der Waals surface area contributed by atoms with Gasteiger partial charge in [0.1, 0.15) is 30.5 Å². The predicted octanol–water partition coefficient (Wildman–Crippen LogP) is 8.86. The Morgan fingerprint density at radius 1 is 0.850 bits per heavy atom. The quantitative estimate of drug-likeness (QED) is 0.168. The minimum atomic E-state index is 0.0284. The van der Waals surface area contributed by atoms with E-state index in [1.54, 1.807) is 7.11 Å². The van der Waals surface area contributed by atoms with E-state index in [2.05, 4.69) is 94.5 Å². The highest BCUT2D eigenvalue weighted by Gasteiger charge is 2.26. The lowest BCUT2D eigenvalue weighted by molar-refractivity contribution is 0.293. The fourth-order valence-electron chi connectivity index (χ4n) is 5.23. The van der Waals surface area contributed by atoms with E-state index in [-0.39, 0.29) is 6.04 Å². The molecule has 8 heteroatoms. The van der Waals surface area contributed by atoms with Gasteiger partial charge in [-0.25, -0.2) is 0 Å². The van der Waals surface area contributed by atoms with Crippen molar-refractivity contribution in [3.8, 4) is 17.2 Å². The fraction of sp³-hybridized carbons (Fsp3) is 0.188. The first-order chi connectivity index (χ1) is 19.5. The van der Waals surface area contributed by atoms with E-state index in [1.807, 2.05) is 42.5 Å². The molecule has 0 radical (unpaired) electrons. The summed E-state index contributed by atoms with van der Waals surface area (Å²) in [5.41, 5.74) is 6.93. The van der Waals surface area contributed by atoms with E-state index < -0.39 is 0 Å².